The van der Waals surface area contributed by atoms with E-state index in [-0.39, 0.29) is 10.8 Å². The van der Waals surface area contributed by atoms with Crippen LogP contribution in [0.3, 0.4) is 0 Å². The standard InChI is InChI=1S/C21H21N3O4S/c1-14-12-15-4-2-6-19(20(15)22-13-14)29(26,27)24-17-9-7-16(8-10-17)23-21(25)18-5-3-11-28-18/h2,4,6-10,12-13,18,24H,3,5,11H2,1H3,(H,23,25)/t18-/m1/s1. The molecule has 1 amide bonds. The summed E-state index contributed by atoms with van der Waals surface area (Å²) < 4.78 is 33.7. The first-order chi connectivity index (χ1) is 13.9. The van der Waals surface area contributed by atoms with Crippen molar-refractivity contribution >= 4 is 38.2 Å². The summed E-state index contributed by atoms with van der Waals surface area (Å²) in [5.41, 5.74) is 2.35. The van der Waals surface area contributed by atoms with Gasteiger partial charge < -0.3 is 10.1 Å². The lowest BCUT2D eigenvalue weighted by Crippen LogP contribution is -2.26. The lowest BCUT2D eigenvalue weighted by atomic mass is 10.2. The van der Waals surface area contributed by atoms with Gasteiger partial charge >= 0.3 is 0 Å². The molecule has 1 saturated heterocycles. The Balaban J connectivity index is 1.52. The van der Waals surface area contributed by atoms with E-state index in [2.05, 4.69) is 15.0 Å². The number of nitrogens with zero attached hydrogens (tertiary/aromatic N) is 1. The minimum atomic E-state index is -3.82. The number of carbonyl (C=O) groups excluding carboxylic acids is 1. The van der Waals surface area contributed by atoms with Crippen LogP contribution in [0.5, 0.6) is 0 Å². The van der Waals surface area contributed by atoms with Crippen LogP contribution >= 0.6 is 0 Å². The third-order valence-corrected chi connectivity index (χ3v) is 6.14. The van der Waals surface area contributed by atoms with Gasteiger partial charge in [-0.05, 0) is 61.7 Å². The highest BCUT2D eigenvalue weighted by Crippen LogP contribution is 2.25. The number of hydrogen-bond acceptors (Lipinski definition) is 5. The fraction of sp³-hybridized carbons (Fsp3) is 0.238. The third kappa shape index (κ3) is 4.23. The molecule has 2 heterocycles. The molecule has 2 N–H and O–H groups in total. The predicted octanol–water partition coefficient (Wildman–Crippen LogP) is 3.46. The second-order valence-corrected chi connectivity index (χ2v) is 8.67. The number of aryl methyl sites for hydroxylation is 1. The first-order valence-electron chi connectivity index (χ1n) is 9.33. The predicted molar refractivity (Wildman–Crippen MR) is 111 cm³/mol. The van der Waals surface area contributed by atoms with E-state index in [1.165, 1.54) is 6.07 Å². The van der Waals surface area contributed by atoms with Crippen molar-refractivity contribution in [3.63, 3.8) is 0 Å². The number of amides is 1. The molecular weight excluding hydrogens is 390 g/mol. The smallest absolute Gasteiger partial charge is 0.264 e. The van der Waals surface area contributed by atoms with Crippen LogP contribution in [0.2, 0.25) is 0 Å². The van der Waals surface area contributed by atoms with Crippen molar-refractivity contribution in [3.05, 3.63) is 60.3 Å². The molecule has 1 atom stereocenters. The number of hydrogen-bond donors (Lipinski definition) is 2. The maximum Gasteiger partial charge on any atom is 0.264 e. The molecule has 8 heteroatoms. The molecule has 0 bridgehead atoms. The number of sulfonamides is 1. The van der Waals surface area contributed by atoms with Crippen LogP contribution in [0, 0.1) is 6.92 Å². The van der Waals surface area contributed by atoms with E-state index >= 15 is 0 Å². The Morgan fingerprint density at radius 1 is 1.14 bits per heavy atom. The zero-order valence-electron chi connectivity index (χ0n) is 15.9. The van der Waals surface area contributed by atoms with Gasteiger partial charge in [-0.2, -0.15) is 0 Å². The first-order valence-corrected chi connectivity index (χ1v) is 10.8. The van der Waals surface area contributed by atoms with Crippen LogP contribution in [0.25, 0.3) is 10.9 Å². The number of carbonyl (C=O) groups is 1. The molecule has 4 rings (SSSR count). The number of fused-ring (bicyclic) bond motifs is 1. The molecule has 150 valence electrons. The molecule has 7 nitrogen and oxygen atoms in total. The summed E-state index contributed by atoms with van der Waals surface area (Å²) in [7, 11) is -3.82. The van der Waals surface area contributed by atoms with Crippen LogP contribution in [0.15, 0.2) is 59.6 Å². The number of anilines is 2. The summed E-state index contributed by atoms with van der Waals surface area (Å²) in [5.74, 6) is -0.187. The summed E-state index contributed by atoms with van der Waals surface area (Å²) in [6, 6.07) is 13.5. The Bertz CT molecular complexity index is 1150. The second-order valence-electron chi connectivity index (χ2n) is 7.01. The molecule has 3 aromatic rings. The van der Waals surface area contributed by atoms with Gasteiger partial charge in [-0.1, -0.05) is 12.1 Å². The summed E-state index contributed by atoms with van der Waals surface area (Å²) in [6.45, 7) is 2.51. The van der Waals surface area contributed by atoms with E-state index in [1.807, 2.05) is 19.1 Å². The highest BCUT2D eigenvalue weighted by Gasteiger charge is 2.23. The highest BCUT2D eigenvalue weighted by atomic mass is 32.2. The van der Waals surface area contributed by atoms with Crippen LogP contribution < -0.4 is 10.0 Å². The van der Waals surface area contributed by atoms with Gasteiger partial charge in [0.25, 0.3) is 15.9 Å². The Hall–Kier alpha value is -2.97. The van der Waals surface area contributed by atoms with E-state index in [0.29, 0.717) is 29.9 Å². The van der Waals surface area contributed by atoms with Gasteiger partial charge in [0.15, 0.2) is 0 Å². The zero-order chi connectivity index (χ0) is 20.4. The van der Waals surface area contributed by atoms with Gasteiger partial charge in [-0.25, -0.2) is 8.42 Å². The average molecular weight is 411 g/mol. The van der Waals surface area contributed by atoms with E-state index < -0.39 is 16.1 Å². The molecule has 0 unspecified atom stereocenters. The largest absolute Gasteiger partial charge is 0.368 e. The Morgan fingerprint density at radius 3 is 2.62 bits per heavy atom. The maximum atomic E-state index is 12.9. The molecule has 0 saturated carbocycles. The highest BCUT2D eigenvalue weighted by molar-refractivity contribution is 7.93. The Morgan fingerprint density at radius 2 is 1.90 bits per heavy atom. The van der Waals surface area contributed by atoms with Crippen LogP contribution in [0.4, 0.5) is 11.4 Å². The maximum absolute atomic E-state index is 12.9. The van der Waals surface area contributed by atoms with E-state index in [9.17, 15) is 13.2 Å². The summed E-state index contributed by atoms with van der Waals surface area (Å²) >= 11 is 0. The number of ether oxygens (including phenoxy) is 1. The van der Waals surface area contributed by atoms with Crippen LogP contribution in [-0.2, 0) is 19.6 Å². The number of benzene rings is 2. The SMILES string of the molecule is Cc1cnc2c(S(=O)(=O)Nc3ccc(NC(=O)[C@H]4CCCO4)cc3)cccc2c1. The van der Waals surface area contributed by atoms with E-state index in [4.69, 9.17) is 4.74 Å². The number of rotatable bonds is 5. The molecular formula is C21H21N3O4S. The van der Waals surface area contributed by atoms with Crippen LogP contribution in [0.1, 0.15) is 18.4 Å². The van der Waals surface area contributed by atoms with Crippen molar-refractivity contribution in [1.82, 2.24) is 4.98 Å². The summed E-state index contributed by atoms with van der Waals surface area (Å²) in [6.07, 6.45) is 2.81. The van der Waals surface area contributed by atoms with Crippen LogP contribution in [-0.4, -0.2) is 32.0 Å². The van der Waals surface area contributed by atoms with Gasteiger partial charge in [0.2, 0.25) is 0 Å². The normalized spacial score (nSPS) is 16.7. The molecule has 1 aliphatic rings. The molecule has 1 fully saturated rings. The lowest BCUT2D eigenvalue weighted by Gasteiger charge is -2.12. The topological polar surface area (TPSA) is 97.4 Å². The minimum absolute atomic E-state index is 0.116. The molecule has 2 aromatic carbocycles. The Kier molecular flexibility index (Phi) is 5.21. The number of aromatic nitrogens is 1. The van der Waals surface area contributed by atoms with Crippen molar-refractivity contribution in [2.24, 2.45) is 0 Å². The van der Waals surface area contributed by atoms with E-state index in [1.54, 1.807) is 36.5 Å². The van der Waals surface area contributed by atoms with Crippen molar-refractivity contribution < 1.29 is 17.9 Å². The number of nitrogens with one attached hydrogen (secondary N) is 2. The van der Waals surface area contributed by atoms with Gasteiger partial charge in [-0.3, -0.25) is 14.5 Å². The summed E-state index contributed by atoms with van der Waals surface area (Å²) in [5, 5.41) is 3.55. The minimum Gasteiger partial charge on any atom is -0.368 e. The van der Waals surface area contributed by atoms with Crippen molar-refractivity contribution in [1.29, 1.82) is 0 Å². The van der Waals surface area contributed by atoms with Gasteiger partial charge in [0, 0.05) is 29.6 Å². The van der Waals surface area contributed by atoms with Crippen molar-refractivity contribution in [2.75, 3.05) is 16.6 Å². The van der Waals surface area contributed by atoms with Gasteiger partial charge in [0.05, 0.1) is 5.52 Å². The molecule has 0 radical (unpaired) electrons. The molecule has 1 aliphatic heterocycles. The van der Waals surface area contributed by atoms with Crippen molar-refractivity contribution in [2.45, 2.75) is 30.8 Å². The van der Waals surface area contributed by atoms with Crippen molar-refractivity contribution in [3.8, 4) is 0 Å². The first kappa shape index (κ1) is 19.4. The molecule has 0 spiro atoms. The lowest BCUT2D eigenvalue weighted by molar-refractivity contribution is -0.124. The monoisotopic (exact) mass is 411 g/mol. The second kappa shape index (κ2) is 7.81. The number of para-hydroxylation sites is 1. The molecule has 0 aliphatic carbocycles. The molecule has 29 heavy (non-hydrogen) atoms. The quantitative estimate of drug-likeness (QED) is 0.670. The fourth-order valence-electron chi connectivity index (χ4n) is 3.30. The summed E-state index contributed by atoms with van der Waals surface area (Å²) in [4.78, 5) is 16.5. The molecule has 1 aromatic heterocycles. The average Bonchev–Trinajstić information content (AvgIpc) is 3.23. The Labute approximate surface area is 169 Å². The van der Waals surface area contributed by atoms with Gasteiger partial charge in [0.1, 0.15) is 11.0 Å². The third-order valence-electron chi connectivity index (χ3n) is 4.73. The van der Waals surface area contributed by atoms with Gasteiger partial charge in [-0.15, -0.1) is 0 Å². The number of pyridine rings is 1. The van der Waals surface area contributed by atoms with E-state index in [0.717, 1.165) is 17.4 Å². The zero-order valence-corrected chi connectivity index (χ0v) is 16.7. The fourth-order valence-corrected chi connectivity index (χ4v) is 4.54.